The summed E-state index contributed by atoms with van der Waals surface area (Å²) >= 11 is 1.74. The molecule has 0 radical (unpaired) electrons. The predicted molar refractivity (Wildman–Crippen MR) is 56.2 cm³/mol. The molecule has 2 rings (SSSR count). The van der Waals surface area contributed by atoms with E-state index in [1.54, 1.807) is 11.3 Å². The molecule has 3 heteroatoms. The Balaban J connectivity index is 0.000000980. The van der Waals surface area contributed by atoms with Gasteiger partial charge in [0.05, 0.1) is 0 Å². The van der Waals surface area contributed by atoms with E-state index in [0.717, 1.165) is 0 Å². The van der Waals surface area contributed by atoms with E-state index >= 15 is 0 Å². The summed E-state index contributed by atoms with van der Waals surface area (Å²) in [5.41, 5.74) is 0. The average Bonchev–Trinajstić information content (AvgIpc) is 2.69. The highest BCUT2D eigenvalue weighted by molar-refractivity contribution is 7.10. The lowest BCUT2D eigenvalue weighted by atomic mass is 10.4. The molecule has 0 saturated heterocycles. The molecule has 0 aliphatic carbocycles. The third-order valence-corrected chi connectivity index (χ3v) is 2.53. The molecule has 14 heavy (non-hydrogen) atoms. The van der Waals surface area contributed by atoms with Crippen molar-refractivity contribution in [2.45, 2.75) is 0 Å². The van der Waals surface area contributed by atoms with Crippen molar-refractivity contribution in [3.63, 3.8) is 0 Å². The molecule has 2 aromatic rings. The molecule has 1 nitrogen and oxygen atoms in total. The average molecular weight is 315 g/mol. The quantitative estimate of drug-likeness (QED) is 0.528. The Bertz CT molecular complexity index is 381. The van der Waals surface area contributed by atoms with E-state index in [0.29, 0.717) is 0 Å². The molecule has 0 aliphatic heterocycles. The Morgan fingerprint density at radius 3 is 2.50 bits per heavy atom. The normalized spacial score (nSPS) is 10.0. The fraction of sp³-hybridized carbons (Fsp3) is 0. The van der Waals surface area contributed by atoms with Crippen LogP contribution in [0.3, 0.4) is 0 Å². The maximum atomic E-state index is 2.10. The molecule has 0 amide bonds. The summed E-state index contributed by atoms with van der Waals surface area (Å²) in [5, 5.41) is 2.08. The van der Waals surface area contributed by atoms with Gasteiger partial charge in [0, 0.05) is 23.1 Å². The number of hydrogen-bond donors (Lipinski definition) is 0. The van der Waals surface area contributed by atoms with Crippen LogP contribution in [0.5, 0.6) is 0 Å². The fourth-order valence-corrected chi connectivity index (χ4v) is 1.67. The zero-order chi connectivity index (χ0) is 8.93. The predicted octanol–water partition coefficient (Wildman–Crippen LogP) is -0.333. The third-order valence-electron chi connectivity index (χ3n) is 1.69. The standard InChI is InChI=1S/C11H10NS.HI/c1-2-7-12(8-3-1)9-6-11-5-4-10-13-11;/h1-10H;1H/q+1;/p-1/b9-6+;. The molecule has 2 heterocycles. The van der Waals surface area contributed by atoms with Gasteiger partial charge in [0.25, 0.3) is 0 Å². The smallest absolute Gasteiger partial charge is 0.175 e. The van der Waals surface area contributed by atoms with Crippen molar-refractivity contribution >= 4 is 23.6 Å². The van der Waals surface area contributed by atoms with Crippen LogP contribution in [0.15, 0.2) is 48.1 Å². The Morgan fingerprint density at radius 1 is 1.07 bits per heavy atom. The summed E-state index contributed by atoms with van der Waals surface area (Å²) in [6, 6.07) is 10.2. The summed E-state index contributed by atoms with van der Waals surface area (Å²) in [4.78, 5) is 1.27. The molecule has 0 atom stereocenters. The van der Waals surface area contributed by atoms with E-state index in [9.17, 15) is 0 Å². The van der Waals surface area contributed by atoms with Gasteiger partial charge in [0.15, 0.2) is 18.6 Å². The van der Waals surface area contributed by atoms with Crippen LogP contribution in [0.25, 0.3) is 12.3 Å². The van der Waals surface area contributed by atoms with Gasteiger partial charge in [-0.3, -0.25) is 0 Å². The van der Waals surface area contributed by atoms with Gasteiger partial charge in [-0.05, 0) is 11.4 Å². The number of aromatic nitrogens is 1. The number of thiophene rings is 1. The SMILES string of the molecule is C(=C\[n+]1ccccc1)/c1cccs1.[I-]. The van der Waals surface area contributed by atoms with Crippen LogP contribution < -0.4 is 28.5 Å². The minimum Gasteiger partial charge on any atom is -1.00 e. The topological polar surface area (TPSA) is 3.88 Å². The van der Waals surface area contributed by atoms with E-state index in [1.807, 2.05) is 41.4 Å². The van der Waals surface area contributed by atoms with E-state index < -0.39 is 0 Å². The molecule has 0 spiro atoms. The van der Waals surface area contributed by atoms with Crippen LogP contribution >= 0.6 is 11.3 Å². The second-order valence-corrected chi connectivity index (χ2v) is 3.63. The zero-order valence-electron chi connectivity index (χ0n) is 7.51. The number of halogens is 1. The fourth-order valence-electron chi connectivity index (χ4n) is 1.06. The molecular weight excluding hydrogens is 305 g/mol. The van der Waals surface area contributed by atoms with Crippen molar-refractivity contribution in [2.24, 2.45) is 0 Å². The van der Waals surface area contributed by atoms with E-state index in [2.05, 4.69) is 23.6 Å². The lowest BCUT2D eigenvalue weighted by Crippen LogP contribution is -3.00. The second kappa shape index (κ2) is 5.93. The maximum absolute atomic E-state index is 2.10. The van der Waals surface area contributed by atoms with Crippen LogP contribution in [0, 0.1) is 0 Å². The second-order valence-electron chi connectivity index (χ2n) is 2.65. The van der Waals surface area contributed by atoms with Gasteiger partial charge in [0.2, 0.25) is 0 Å². The summed E-state index contributed by atoms with van der Waals surface area (Å²) in [6.45, 7) is 0. The Kier molecular flexibility index (Phi) is 4.82. The molecule has 72 valence electrons. The number of hydrogen-bond acceptors (Lipinski definition) is 1. The van der Waals surface area contributed by atoms with Gasteiger partial charge in [-0.1, -0.05) is 12.1 Å². The van der Waals surface area contributed by atoms with Crippen molar-refractivity contribution in [3.05, 3.63) is 53.0 Å². The summed E-state index contributed by atoms with van der Waals surface area (Å²) in [6.07, 6.45) is 8.19. The number of nitrogens with zero attached hydrogens (tertiary/aromatic N) is 1. The third kappa shape index (κ3) is 3.23. The minimum absolute atomic E-state index is 0. The summed E-state index contributed by atoms with van der Waals surface area (Å²) in [7, 11) is 0. The highest BCUT2D eigenvalue weighted by atomic mass is 127. The highest BCUT2D eigenvalue weighted by Crippen LogP contribution is 2.09. The lowest BCUT2D eigenvalue weighted by Gasteiger charge is -1.84. The van der Waals surface area contributed by atoms with Crippen LogP contribution in [0.4, 0.5) is 0 Å². The van der Waals surface area contributed by atoms with E-state index in [4.69, 9.17) is 0 Å². The van der Waals surface area contributed by atoms with Crippen LogP contribution in [0.2, 0.25) is 0 Å². The van der Waals surface area contributed by atoms with E-state index in [1.165, 1.54) is 4.88 Å². The van der Waals surface area contributed by atoms with E-state index in [-0.39, 0.29) is 24.0 Å². The maximum Gasteiger partial charge on any atom is 0.175 e. The highest BCUT2D eigenvalue weighted by Gasteiger charge is 1.91. The van der Waals surface area contributed by atoms with Gasteiger partial charge in [-0.2, -0.15) is 4.57 Å². The molecule has 0 aromatic carbocycles. The first-order valence-electron chi connectivity index (χ1n) is 4.13. The first kappa shape index (κ1) is 11.4. The van der Waals surface area contributed by atoms with Crippen molar-refractivity contribution in [3.8, 4) is 0 Å². The Morgan fingerprint density at radius 2 is 1.86 bits per heavy atom. The minimum atomic E-state index is 0. The van der Waals surface area contributed by atoms with Crippen LogP contribution in [-0.2, 0) is 0 Å². The summed E-state index contributed by atoms with van der Waals surface area (Å²) in [5.74, 6) is 0. The summed E-state index contributed by atoms with van der Waals surface area (Å²) < 4.78 is 2.03. The van der Waals surface area contributed by atoms with Crippen molar-refractivity contribution in [2.75, 3.05) is 0 Å². The van der Waals surface area contributed by atoms with Crippen molar-refractivity contribution < 1.29 is 28.5 Å². The molecular formula is C11H10INS. The number of rotatable bonds is 2. The monoisotopic (exact) mass is 315 g/mol. The van der Waals surface area contributed by atoms with Gasteiger partial charge in [0.1, 0.15) is 0 Å². The molecule has 0 unspecified atom stereocenters. The largest absolute Gasteiger partial charge is 1.00 e. The van der Waals surface area contributed by atoms with Gasteiger partial charge >= 0.3 is 0 Å². The van der Waals surface area contributed by atoms with Crippen molar-refractivity contribution in [1.29, 1.82) is 0 Å². The molecule has 0 fully saturated rings. The number of pyridine rings is 1. The first-order chi connectivity index (χ1) is 6.45. The molecule has 0 saturated carbocycles. The lowest BCUT2D eigenvalue weighted by molar-refractivity contribution is -0.567. The zero-order valence-corrected chi connectivity index (χ0v) is 10.5. The molecule has 2 aromatic heterocycles. The first-order valence-corrected chi connectivity index (χ1v) is 5.00. The molecule has 0 N–H and O–H groups in total. The van der Waals surface area contributed by atoms with Crippen LogP contribution in [0.1, 0.15) is 4.88 Å². The van der Waals surface area contributed by atoms with Gasteiger partial charge in [-0.25, -0.2) is 0 Å². The Labute approximate surface area is 105 Å². The van der Waals surface area contributed by atoms with Gasteiger partial charge in [-0.15, -0.1) is 11.3 Å². The Hall–Kier alpha value is -0.680. The van der Waals surface area contributed by atoms with Crippen molar-refractivity contribution in [1.82, 2.24) is 0 Å². The van der Waals surface area contributed by atoms with Gasteiger partial charge < -0.3 is 24.0 Å². The molecule has 0 bridgehead atoms. The molecule has 0 aliphatic rings. The van der Waals surface area contributed by atoms with Crippen LogP contribution in [-0.4, -0.2) is 0 Å².